The minimum Gasteiger partial charge on any atom is -0.461 e. The SMILES string of the molecule is O=C(OCc1ccccc1)C1CCC2(CCCC2)C1. The highest BCUT2D eigenvalue weighted by molar-refractivity contribution is 5.73. The molecule has 0 aromatic heterocycles. The van der Waals surface area contributed by atoms with Gasteiger partial charge in [-0.25, -0.2) is 0 Å². The molecule has 19 heavy (non-hydrogen) atoms. The molecule has 1 atom stereocenters. The summed E-state index contributed by atoms with van der Waals surface area (Å²) in [4.78, 5) is 12.1. The van der Waals surface area contributed by atoms with E-state index in [1.165, 1.54) is 32.1 Å². The highest BCUT2D eigenvalue weighted by Gasteiger charge is 2.43. The molecule has 0 N–H and O–H groups in total. The molecule has 1 aromatic carbocycles. The van der Waals surface area contributed by atoms with Gasteiger partial charge in [-0.3, -0.25) is 4.79 Å². The van der Waals surface area contributed by atoms with Gasteiger partial charge in [-0.1, -0.05) is 43.2 Å². The van der Waals surface area contributed by atoms with Gasteiger partial charge in [0.2, 0.25) is 0 Å². The average Bonchev–Trinajstić information content (AvgIpc) is 3.08. The van der Waals surface area contributed by atoms with E-state index in [1.807, 2.05) is 30.3 Å². The number of hydrogen-bond donors (Lipinski definition) is 0. The summed E-state index contributed by atoms with van der Waals surface area (Å²) in [7, 11) is 0. The molecule has 2 aliphatic rings. The van der Waals surface area contributed by atoms with Gasteiger partial charge in [-0.2, -0.15) is 0 Å². The lowest BCUT2D eigenvalue weighted by Gasteiger charge is -2.22. The lowest BCUT2D eigenvalue weighted by molar-refractivity contribution is -0.150. The molecule has 0 amide bonds. The Morgan fingerprint density at radius 3 is 2.63 bits per heavy atom. The predicted molar refractivity (Wildman–Crippen MR) is 74.5 cm³/mol. The van der Waals surface area contributed by atoms with Crippen LogP contribution in [0.1, 0.15) is 50.5 Å². The van der Waals surface area contributed by atoms with Crippen molar-refractivity contribution >= 4 is 5.97 Å². The van der Waals surface area contributed by atoms with Crippen molar-refractivity contribution in [3.63, 3.8) is 0 Å². The summed E-state index contributed by atoms with van der Waals surface area (Å²) in [5, 5.41) is 0. The Balaban J connectivity index is 1.51. The number of carbonyl (C=O) groups excluding carboxylic acids is 1. The van der Waals surface area contributed by atoms with Crippen molar-refractivity contribution in [1.29, 1.82) is 0 Å². The third kappa shape index (κ3) is 2.83. The van der Waals surface area contributed by atoms with Crippen LogP contribution in [0, 0.1) is 11.3 Å². The van der Waals surface area contributed by atoms with E-state index in [2.05, 4.69) is 0 Å². The van der Waals surface area contributed by atoms with Crippen LogP contribution < -0.4 is 0 Å². The number of rotatable bonds is 3. The highest BCUT2D eigenvalue weighted by Crippen LogP contribution is 2.52. The Hall–Kier alpha value is -1.31. The molecule has 0 saturated heterocycles. The molecule has 2 nitrogen and oxygen atoms in total. The fraction of sp³-hybridized carbons (Fsp3) is 0.588. The normalized spacial score (nSPS) is 24.7. The average molecular weight is 258 g/mol. The zero-order valence-electron chi connectivity index (χ0n) is 11.4. The van der Waals surface area contributed by atoms with E-state index in [1.54, 1.807) is 0 Å². The third-order valence-corrected chi connectivity index (χ3v) is 4.92. The number of carbonyl (C=O) groups is 1. The Morgan fingerprint density at radius 2 is 1.89 bits per heavy atom. The molecule has 0 radical (unpaired) electrons. The molecule has 0 bridgehead atoms. The third-order valence-electron chi connectivity index (χ3n) is 4.92. The highest BCUT2D eigenvalue weighted by atomic mass is 16.5. The first-order valence-corrected chi connectivity index (χ1v) is 7.48. The molecule has 2 heteroatoms. The standard InChI is InChI=1S/C17H22O2/c18-16(19-13-14-6-2-1-3-7-14)15-8-11-17(12-15)9-4-5-10-17/h1-3,6-7,15H,4-5,8-13H2. The molecule has 2 saturated carbocycles. The van der Waals surface area contributed by atoms with Crippen LogP contribution in [0.2, 0.25) is 0 Å². The van der Waals surface area contributed by atoms with E-state index in [0.29, 0.717) is 12.0 Å². The maximum atomic E-state index is 12.1. The van der Waals surface area contributed by atoms with Crippen LogP contribution in [0.15, 0.2) is 30.3 Å². The molecular weight excluding hydrogens is 236 g/mol. The molecule has 3 rings (SSSR count). The van der Waals surface area contributed by atoms with Crippen molar-refractivity contribution in [1.82, 2.24) is 0 Å². The first kappa shape index (κ1) is 12.7. The lowest BCUT2D eigenvalue weighted by atomic mass is 9.84. The van der Waals surface area contributed by atoms with Crippen LogP contribution in [0.3, 0.4) is 0 Å². The summed E-state index contributed by atoms with van der Waals surface area (Å²) in [5.41, 5.74) is 1.57. The van der Waals surface area contributed by atoms with E-state index in [9.17, 15) is 4.79 Å². The van der Waals surface area contributed by atoms with E-state index < -0.39 is 0 Å². The van der Waals surface area contributed by atoms with Crippen LogP contribution in [-0.2, 0) is 16.1 Å². The van der Waals surface area contributed by atoms with Crippen molar-refractivity contribution in [3.05, 3.63) is 35.9 Å². The second-order valence-electron chi connectivity index (χ2n) is 6.24. The van der Waals surface area contributed by atoms with Crippen LogP contribution in [0.5, 0.6) is 0 Å². The van der Waals surface area contributed by atoms with Gasteiger partial charge in [0.05, 0.1) is 5.92 Å². The van der Waals surface area contributed by atoms with Crippen molar-refractivity contribution in [2.24, 2.45) is 11.3 Å². The van der Waals surface area contributed by atoms with Crippen LogP contribution in [-0.4, -0.2) is 5.97 Å². The molecular formula is C17H22O2. The van der Waals surface area contributed by atoms with E-state index in [-0.39, 0.29) is 11.9 Å². The van der Waals surface area contributed by atoms with E-state index >= 15 is 0 Å². The van der Waals surface area contributed by atoms with E-state index in [0.717, 1.165) is 18.4 Å². The summed E-state index contributed by atoms with van der Waals surface area (Å²) in [6, 6.07) is 9.94. The van der Waals surface area contributed by atoms with Gasteiger partial charge < -0.3 is 4.74 Å². The van der Waals surface area contributed by atoms with Crippen molar-refractivity contribution in [2.45, 2.75) is 51.6 Å². The van der Waals surface area contributed by atoms with Crippen LogP contribution in [0.4, 0.5) is 0 Å². The van der Waals surface area contributed by atoms with Crippen LogP contribution >= 0.6 is 0 Å². The lowest BCUT2D eigenvalue weighted by Crippen LogP contribution is -2.18. The zero-order valence-corrected chi connectivity index (χ0v) is 11.4. The maximum Gasteiger partial charge on any atom is 0.309 e. The first-order valence-electron chi connectivity index (χ1n) is 7.48. The minimum absolute atomic E-state index is 0.0210. The molecule has 2 fully saturated rings. The summed E-state index contributed by atoms with van der Waals surface area (Å²) < 4.78 is 5.48. The topological polar surface area (TPSA) is 26.3 Å². The number of ether oxygens (including phenoxy) is 1. The Morgan fingerprint density at radius 1 is 1.16 bits per heavy atom. The van der Waals surface area contributed by atoms with Crippen molar-refractivity contribution < 1.29 is 9.53 Å². The van der Waals surface area contributed by atoms with Gasteiger partial charge in [-0.15, -0.1) is 0 Å². The maximum absolute atomic E-state index is 12.1. The minimum atomic E-state index is 0.0210. The second-order valence-corrected chi connectivity index (χ2v) is 6.24. The van der Waals surface area contributed by atoms with Crippen molar-refractivity contribution in [3.8, 4) is 0 Å². The molecule has 102 valence electrons. The molecule has 0 heterocycles. The predicted octanol–water partition coefficient (Wildman–Crippen LogP) is 4.09. The molecule has 1 unspecified atom stereocenters. The van der Waals surface area contributed by atoms with Gasteiger partial charge in [0, 0.05) is 0 Å². The van der Waals surface area contributed by atoms with Gasteiger partial charge in [-0.05, 0) is 43.1 Å². The smallest absolute Gasteiger partial charge is 0.309 e. The molecule has 0 aliphatic heterocycles. The monoisotopic (exact) mass is 258 g/mol. The summed E-state index contributed by atoms with van der Waals surface area (Å²) in [6.45, 7) is 0.420. The Labute approximate surface area is 115 Å². The Kier molecular flexibility index (Phi) is 3.58. The second kappa shape index (κ2) is 5.36. The fourth-order valence-electron chi connectivity index (χ4n) is 3.83. The summed E-state index contributed by atoms with van der Waals surface area (Å²) in [6.07, 6.45) is 8.70. The van der Waals surface area contributed by atoms with Gasteiger partial charge in [0.25, 0.3) is 0 Å². The van der Waals surface area contributed by atoms with Gasteiger partial charge in [0.15, 0.2) is 0 Å². The number of hydrogen-bond acceptors (Lipinski definition) is 2. The van der Waals surface area contributed by atoms with E-state index in [4.69, 9.17) is 4.74 Å². The van der Waals surface area contributed by atoms with Gasteiger partial charge >= 0.3 is 5.97 Å². The fourth-order valence-corrected chi connectivity index (χ4v) is 3.83. The largest absolute Gasteiger partial charge is 0.461 e. The summed E-state index contributed by atoms with van der Waals surface area (Å²) >= 11 is 0. The molecule has 2 aliphatic carbocycles. The number of benzene rings is 1. The zero-order chi connectivity index (χ0) is 13.1. The number of esters is 1. The molecule has 1 aromatic rings. The van der Waals surface area contributed by atoms with Gasteiger partial charge in [0.1, 0.15) is 6.61 Å². The quantitative estimate of drug-likeness (QED) is 0.763. The molecule has 1 spiro atoms. The van der Waals surface area contributed by atoms with Crippen molar-refractivity contribution in [2.75, 3.05) is 0 Å². The van der Waals surface area contributed by atoms with Crippen LogP contribution in [0.25, 0.3) is 0 Å². The Bertz CT molecular complexity index is 432. The summed E-state index contributed by atoms with van der Waals surface area (Å²) in [5.74, 6) is 0.175. The first-order chi connectivity index (χ1) is 9.27.